The van der Waals surface area contributed by atoms with E-state index in [1.54, 1.807) is 0 Å². The highest BCUT2D eigenvalue weighted by Gasteiger charge is 2.46. The Morgan fingerprint density at radius 3 is 1.73 bits per heavy atom. The van der Waals surface area contributed by atoms with Crippen molar-refractivity contribution in [2.75, 3.05) is 28.0 Å². The molecule has 0 aliphatic rings. The van der Waals surface area contributed by atoms with Gasteiger partial charge in [0.1, 0.15) is 10.2 Å². The summed E-state index contributed by atoms with van der Waals surface area (Å²) < 4.78 is 27.0. The van der Waals surface area contributed by atoms with Crippen molar-refractivity contribution in [2.45, 2.75) is 3.55 Å². The second-order valence-corrected chi connectivity index (χ2v) is 7.65. The Morgan fingerprint density at radius 1 is 1.27 bits per heavy atom. The number of halogens is 2. The predicted molar refractivity (Wildman–Crippen MR) is 50.6 cm³/mol. The Bertz CT molecular complexity index is 104. The lowest BCUT2D eigenvalue weighted by molar-refractivity contribution is 0.120. The van der Waals surface area contributed by atoms with Gasteiger partial charge in [0.2, 0.25) is 0 Å². The van der Waals surface area contributed by atoms with Gasteiger partial charge in [0.05, 0.1) is 0 Å². The van der Waals surface area contributed by atoms with Crippen molar-refractivity contribution in [3.63, 3.8) is 0 Å². The van der Waals surface area contributed by atoms with E-state index in [1.165, 1.54) is 21.3 Å². The van der Waals surface area contributed by atoms with Gasteiger partial charge in [0.15, 0.2) is 0 Å². The molecule has 0 N–H and O–H groups in total. The molecule has 0 spiro atoms. The minimum absolute atomic E-state index is 0.333. The maximum atomic E-state index is 12.2. The standard InChI is InChI=1S/C5H12FIO3Si/c1-8-11(9-2,10-3)5(7)4-6/h5H,4H2,1-3H3. The van der Waals surface area contributed by atoms with Crippen LogP contribution < -0.4 is 0 Å². The normalized spacial score (nSPS) is 15.0. The molecule has 68 valence electrons. The lowest BCUT2D eigenvalue weighted by Crippen LogP contribution is -2.52. The first-order chi connectivity index (χ1) is 5.16. The highest BCUT2D eigenvalue weighted by molar-refractivity contribution is 14.1. The van der Waals surface area contributed by atoms with Crippen LogP contribution in [0.25, 0.3) is 0 Å². The molecule has 0 aromatic rings. The summed E-state index contributed by atoms with van der Waals surface area (Å²) in [5, 5.41) is 0. The molecule has 1 atom stereocenters. The van der Waals surface area contributed by atoms with E-state index in [0.717, 1.165) is 0 Å². The molecule has 6 heteroatoms. The third kappa shape index (κ3) is 2.62. The molecule has 0 saturated carbocycles. The van der Waals surface area contributed by atoms with Gasteiger partial charge in [0.25, 0.3) is 0 Å². The average Bonchev–Trinajstić information content (AvgIpc) is 2.08. The van der Waals surface area contributed by atoms with Crippen molar-refractivity contribution in [3.05, 3.63) is 0 Å². The lowest BCUT2D eigenvalue weighted by atomic mass is 10.9. The van der Waals surface area contributed by atoms with Crippen LogP contribution >= 0.6 is 22.6 Å². The molecular weight excluding hydrogens is 282 g/mol. The molecule has 3 nitrogen and oxygen atoms in total. The summed E-state index contributed by atoms with van der Waals surface area (Å²) in [5.74, 6) is 0. The molecule has 0 bridgehead atoms. The van der Waals surface area contributed by atoms with Crippen molar-refractivity contribution in [1.29, 1.82) is 0 Å². The van der Waals surface area contributed by atoms with Crippen LogP contribution in [0.15, 0.2) is 0 Å². The number of hydrogen-bond donors (Lipinski definition) is 0. The molecule has 0 aromatic heterocycles. The van der Waals surface area contributed by atoms with Crippen LogP contribution in [0.1, 0.15) is 0 Å². The maximum absolute atomic E-state index is 12.2. The molecule has 0 fully saturated rings. The molecule has 0 heterocycles. The van der Waals surface area contributed by atoms with Crippen LogP contribution in [-0.4, -0.2) is 40.4 Å². The van der Waals surface area contributed by atoms with Crippen molar-refractivity contribution >= 4 is 31.4 Å². The SMILES string of the molecule is CO[Si](OC)(OC)C(I)CF. The van der Waals surface area contributed by atoms with Gasteiger partial charge < -0.3 is 13.3 Å². The largest absolute Gasteiger partial charge is 0.516 e. The van der Waals surface area contributed by atoms with Crippen molar-refractivity contribution in [2.24, 2.45) is 0 Å². The highest BCUT2D eigenvalue weighted by atomic mass is 127. The molecule has 1 unspecified atom stereocenters. The molecule has 0 aromatic carbocycles. The third-order valence-corrected chi connectivity index (χ3v) is 6.62. The van der Waals surface area contributed by atoms with Gasteiger partial charge in [0, 0.05) is 21.3 Å². The molecule has 11 heavy (non-hydrogen) atoms. The van der Waals surface area contributed by atoms with Crippen LogP contribution in [0, 0.1) is 0 Å². The Balaban J connectivity index is 4.26. The summed E-state index contributed by atoms with van der Waals surface area (Å²) in [6, 6.07) is 0. The predicted octanol–water partition coefficient (Wildman–Crippen LogP) is 1.18. The Morgan fingerprint density at radius 2 is 1.64 bits per heavy atom. The van der Waals surface area contributed by atoms with E-state index in [9.17, 15) is 4.39 Å². The second kappa shape index (κ2) is 5.41. The molecule has 0 amide bonds. The van der Waals surface area contributed by atoms with E-state index in [1.807, 2.05) is 22.6 Å². The van der Waals surface area contributed by atoms with E-state index in [2.05, 4.69) is 0 Å². The topological polar surface area (TPSA) is 27.7 Å². The van der Waals surface area contributed by atoms with Gasteiger partial charge >= 0.3 is 8.80 Å². The molecule has 0 saturated heterocycles. The van der Waals surface area contributed by atoms with Gasteiger partial charge in [-0.1, -0.05) is 22.6 Å². The summed E-state index contributed by atoms with van der Waals surface area (Å²) in [6.07, 6.45) is 0. The average molecular weight is 294 g/mol. The third-order valence-electron chi connectivity index (χ3n) is 1.37. The van der Waals surface area contributed by atoms with Crippen LogP contribution in [0.2, 0.25) is 0 Å². The fourth-order valence-electron chi connectivity index (χ4n) is 0.728. The van der Waals surface area contributed by atoms with Crippen molar-refractivity contribution in [3.8, 4) is 0 Å². The van der Waals surface area contributed by atoms with E-state index in [4.69, 9.17) is 13.3 Å². The Hall–Kier alpha value is 0.757. The summed E-state index contributed by atoms with van der Waals surface area (Å²) in [6.45, 7) is -0.498. The first-order valence-corrected chi connectivity index (χ1v) is 6.07. The maximum Gasteiger partial charge on any atom is 0.516 e. The monoisotopic (exact) mass is 294 g/mol. The van der Waals surface area contributed by atoms with E-state index >= 15 is 0 Å². The van der Waals surface area contributed by atoms with Gasteiger partial charge in [-0.3, -0.25) is 0 Å². The first-order valence-electron chi connectivity index (χ1n) is 3.02. The number of alkyl halides is 2. The number of rotatable bonds is 5. The quantitative estimate of drug-likeness (QED) is 0.433. The summed E-state index contributed by atoms with van der Waals surface area (Å²) in [4.78, 5) is 0. The molecular formula is C5H12FIO3Si. The van der Waals surface area contributed by atoms with Crippen molar-refractivity contribution in [1.82, 2.24) is 0 Å². The van der Waals surface area contributed by atoms with Gasteiger partial charge in [-0.05, 0) is 0 Å². The fraction of sp³-hybridized carbons (Fsp3) is 1.00. The summed E-state index contributed by atoms with van der Waals surface area (Å²) in [5.41, 5.74) is 0. The zero-order chi connectivity index (χ0) is 8.91. The molecule has 0 aliphatic carbocycles. The van der Waals surface area contributed by atoms with Crippen molar-refractivity contribution < 1.29 is 17.7 Å². The number of hydrogen-bond acceptors (Lipinski definition) is 3. The highest BCUT2D eigenvalue weighted by Crippen LogP contribution is 2.19. The van der Waals surface area contributed by atoms with Crippen LogP contribution in [0.4, 0.5) is 4.39 Å². The van der Waals surface area contributed by atoms with Crippen LogP contribution in [0.5, 0.6) is 0 Å². The fourth-order valence-corrected chi connectivity index (χ4v) is 4.47. The van der Waals surface area contributed by atoms with Crippen LogP contribution in [0.3, 0.4) is 0 Å². The zero-order valence-electron chi connectivity index (χ0n) is 6.77. The molecule has 0 rings (SSSR count). The van der Waals surface area contributed by atoms with E-state index in [0.29, 0.717) is 0 Å². The Kier molecular flexibility index (Phi) is 5.78. The van der Waals surface area contributed by atoms with Gasteiger partial charge in [-0.2, -0.15) is 0 Å². The minimum atomic E-state index is -2.71. The van der Waals surface area contributed by atoms with Gasteiger partial charge in [-0.25, -0.2) is 4.39 Å². The van der Waals surface area contributed by atoms with Crippen LogP contribution in [-0.2, 0) is 13.3 Å². The molecule has 0 radical (unpaired) electrons. The zero-order valence-corrected chi connectivity index (χ0v) is 9.92. The Labute approximate surface area is 80.7 Å². The van der Waals surface area contributed by atoms with E-state index in [-0.39, 0.29) is 3.55 Å². The summed E-state index contributed by atoms with van der Waals surface area (Å²) >= 11 is 1.93. The molecule has 0 aliphatic heterocycles. The lowest BCUT2D eigenvalue weighted by Gasteiger charge is -2.27. The first kappa shape index (κ1) is 11.8. The smallest absolute Gasteiger partial charge is 0.376 e. The van der Waals surface area contributed by atoms with E-state index < -0.39 is 15.5 Å². The minimum Gasteiger partial charge on any atom is -0.376 e. The summed E-state index contributed by atoms with van der Waals surface area (Å²) in [7, 11) is 1.71. The second-order valence-electron chi connectivity index (χ2n) is 1.84. The van der Waals surface area contributed by atoms with Gasteiger partial charge in [-0.15, -0.1) is 0 Å².